The van der Waals surface area contributed by atoms with E-state index >= 15 is 0 Å². The van der Waals surface area contributed by atoms with Crippen LogP contribution >= 0.6 is 0 Å². The number of phenols is 1. The van der Waals surface area contributed by atoms with E-state index in [1.165, 1.54) is 12.5 Å². The molecule has 8 heteroatoms. The highest BCUT2D eigenvalue weighted by Crippen LogP contribution is 2.31. The molecule has 0 fully saturated rings. The van der Waals surface area contributed by atoms with E-state index in [1.54, 1.807) is 43.9 Å². The highest BCUT2D eigenvalue weighted by atomic mass is 16.6. The number of nitrogens with zero attached hydrogens (tertiary/aromatic N) is 1. The van der Waals surface area contributed by atoms with Crippen LogP contribution in [0.5, 0.6) is 5.75 Å². The van der Waals surface area contributed by atoms with Gasteiger partial charge in [0.15, 0.2) is 0 Å². The molecule has 3 amide bonds. The van der Waals surface area contributed by atoms with Gasteiger partial charge in [0.25, 0.3) is 0 Å². The first-order valence-electron chi connectivity index (χ1n) is 15.3. The van der Waals surface area contributed by atoms with Gasteiger partial charge in [-0.1, -0.05) is 97.3 Å². The average molecular weight is 562 g/mol. The fourth-order valence-electron chi connectivity index (χ4n) is 4.58. The van der Waals surface area contributed by atoms with Gasteiger partial charge in [0.1, 0.15) is 23.4 Å². The van der Waals surface area contributed by atoms with Gasteiger partial charge in [-0.25, -0.2) is 4.79 Å². The number of aromatic hydroxyl groups is 1. The lowest BCUT2D eigenvalue weighted by atomic mass is 9.95. The number of phenolic OH excluding ortho intramolecular Hbond substituents is 1. The van der Waals surface area contributed by atoms with E-state index in [4.69, 9.17) is 4.74 Å². The second kappa shape index (κ2) is 18.6. The number of carbonyl (C=O) groups excluding carboxylic acids is 3. The number of nitrogens with one attached hydrogen (secondary N) is 2. The summed E-state index contributed by atoms with van der Waals surface area (Å²) in [6.07, 6.45) is 8.92. The van der Waals surface area contributed by atoms with E-state index in [2.05, 4.69) is 24.5 Å². The SMILES string of the molecule is CCCCCCCCN(C(=O)C(NC(=O)OC(C)(C)C)C(C)CC)C(C(=O)NCCCCC)c1ccccc1O. The van der Waals surface area contributed by atoms with Crippen molar-refractivity contribution in [2.75, 3.05) is 13.1 Å². The molecule has 3 N–H and O–H groups in total. The molecule has 3 unspecified atom stereocenters. The summed E-state index contributed by atoms with van der Waals surface area (Å²) in [6, 6.07) is 4.75. The summed E-state index contributed by atoms with van der Waals surface area (Å²) < 4.78 is 5.48. The summed E-state index contributed by atoms with van der Waals surface area (Å²) in [6.45, 7) is 14.3. The summed E-state index contributed by atoms with van der Waals surface area (Å²) in [4.78, 5) is 42.4. The smallest absolute Gasteiger partial charge is 0.408 e. The lowest BCUT2D eigenvalue weighted by Gasteiger charge is -2.36. The zero-order valence-electron chi connectivity index (χ0n) is 26.1. The van der Waals surface area contributed by atoms with E-state index in [0.717, 1.165) is 44.9 Å². The van der Waals surface area contributed by atoms with E-state index < -0.39 is 23.8 Å². The van der Waals surface area contributed by atoms with Crippen LogP contribution in [0.2, 0.25) is 0 Å². The molecule has 0 aliphatic heterocycles. The van der Waals surface area contributed by atoms with Crippen LogP contribution in [-0.4, -0.2) is 52.6 Å². The Kier molecular flexibility index (Phi) is 16.4. The van der Waals surface area contributed by atoms with E-state index in [-0.39, 0.29) is 23.5 Å². The molecule has 0 saturated carbocycles. The Hall–Kier alpha value is -2.77. The number of rotatable bonds is 18. The number of unbranched alkanes of at least 4 members (excludes halogenated alkanes) is 7. The molecule has 0 spiro atoms. The summed E-state index contributed by atoms with van der Waals surface area (Å²) in [5.74, 6) is -0.940. The fraction of sp³-hybridized carbons (Fsp3) is 0.719. The number of para-hydroxylation sites is 1. The Labute approximate surface area is 242 Å². The van der Waals surface area contributed by atoms with Crippen molar-refractivity contribution in [1.29, 1.82) is 0 Å². The minimum atomic E-state index is -1.03. The Morgan fingerprint density at radius 2 is 1.52 bits per heavy atom. The summed E-state index contributed by atoms with van der Waals surface area (Å²) in [5.41, 5.74) is -0.350. The predicted molar refractivity (Wildman–Crippen MR) is 161 cm³/mol. The Balaban J connectivity index is 3.44. The number of hydrogen-bond donors (Lipinski definition) is 3. The quantitative estimate of drug-likeness (QED) is 0.170. The van der Waals surface area contributed by atoms with Crippen molar-refractivity contribution < 1.29 is 24.2 Å². The van der Waals surface area contributed by atoms with Gasteiger partial charge in [0.05, 0.1) is 0 Å². The molecule has 0 aliphatic rings. The van der Waals surface area contributed by atoms with Gasteiger partial charge in [-0.2, -0.15) is 0 Å². The minimum Gasteiger partial charge on any atom is -0.508 e. The molecule has 3 atom stereocenters. The molecule has 0 saturated heterocycles. The summed E-state index contributed by atoms with van der Waals surface area (Å²) >= 11 is 0. The highest BCUT2D eigenvalue weighted by molar-refractivity contribution is 5.92. The lowest BCUT2D eigenvalue weighted by molar-refractivity contribution is -0.143. The number of alkyl carbamates (subject to hydrolysis) is 1. The van der Waals surface area contributed by atoms with Crippen LogP contribution in [0.1, 0.15) is 124 Å². The lowest BCUT2D eigenvalue weighted by Crippen LogP contribution is -2.55. The van der Waals surface area contributed by atoms with Crippen molar-refractivity contribution in [3.8, 4) is 5.75 Å². The number of carbonyl (C=O) groups is 3. The van der Waals surface area contributed by atoms with Crippen LogP contribution in [0.25, 0.3) is 0 Å². The Morgan fingerprint density at radius 3 is 2.12 bits per heavy atom. The first-order chi connectivity index (χ1) is 19.0. The second-order valence-electron chi connectivity index (χ2n) is 11.8. The minimum absolute atomic E-state index is 0.0443. The maximum atomic E-state index is 14.3. The fourth-order valence-corrected chi connectivity index (χ4v) is 4.58. The molecule has 0 bridgehead atoms. The van der Waals surface area contributed by atoms with Crippen molar-refractivity contribution in [3.63, 3.8) is 0 Å². The molecular formula is C32H55N3O5. The zero-order chi connectivity index (χ0) is 30.1. The van der Waals surface area contributed by atoms with Crippen LogP contribution in [0.3, 0.4) is 0 Å². The van der Waals surface area contributed by atoms with Gasteiger partial charge in [0.2, 0.25) is 11.8 Å². The molecule has 0 radical (unpaired) electrons. The van der Waals surface area contributed by atoms with Crippen molar-refractivity contribution in [3.05, 3.63) is 29.8 Å². The number of ether oxygens (including phenoxy) is 1. The van der Waals surface area contributed by atoms with Crippen LogP contribution < -0.4 is 10.6 Å². The first-order valence-corrected chi connectivity index (χ1v) is 15.3. The van der Waals surface area contributed by atoms with Crippen molar-refractivity contribution in [2.24, 2.45) is 5.92 Å². The Morgan fingerprint density at radius 1 is 0.925 bits per heavy atom. The number of benzene rings is 1. The molecule has 1 aromatic carbocycles. The van der Waals surface area contributed by atoms with Gasteiger partial charge in [0, 0.05) is 18.7 Å². The largest absolute Gasteiger partial charge is 0.508 e. The second-order valence-corrected chi connectivity index (χ2v) is 11.8. The van der Waals surface area contributed by atoms with Crippen molar-refractivity contribution >= 4 is 17.9 Å². The maximum Gasteiger partial charge on any atom is 0.408 e. The van der Waals surface area contributed by atoms with Gasteiger partial charge in [-0.3, -0.25) is 9.59 Å². The summed E-state index contributed by atoms with van der Waals surface area (Å²) in [7, 11) is 0. The normalized spacial score (nSPS) is 13.7. The zero-order valence-corrected chi connectivity index (χ0v) is 26.1. The molecule has 0 aliphatic carbocycles. The van der Waals surface area contributed by atoms with Crippen molar-refractivity contribution in [2.45, 2.75) is 130 Å². The predicted octanol–water partition coefficient (Wildman–Crippen LogP) is 6.87. The third-order valence-electron chi connectivity index (χ3n) is 7.06. The van der Waals surface area contributed by atoms with Crippen LogP contribution in [-0.2, 0) is 14.3 Å². The third-order valence-corrected chi connectivity index (χ3v) is 7.06. The highest BCUT2D eigenvalue weighted by Gasteiger charge is 2.38. The van der Waals surface area contributed by atoms with Crippen LogP contribution in [0.15, 0.2) is 24.3 Å². The first kappa shape index (κ1) is 35.3. The number of amides is 3. The van der Waals surface area contributed by atoms with Gasteiger partial charge < -0.3 is 25.4 Å². The van der Waals surface area contributed by atoms with Crippen LogP contribution in [0.4, 0.5) is 4.79 Å². The van der Waals surface area contributed by atoms with Gasteiger partial charge in [-0.15, -0.1) is 0 Å². The topological polar surface area (TPSA) is 108 Å². The van der Waals surface area contributed by atoms with Gasteiger partial charge in [-0.05, 0) is 45.6 Å². The molecule has 0 heterocycles. The summed E-state index contributed by atoms with van der Waals surface area (Å²) in [5, 5.41) is 16.6. The molecule has 1 aromatic rings. The number of hydrogen-bond acceptors (Lipinski definition) is 5. The molecule has 1 rings (SSSR count). The van der Waals surface area contributed by atoms with E-state index in [0.29, 0.717) is 31.5 Å². The molecule has 228 valence electrons. The van der Waals surface area contributed by atoms with Gasteiger partial charge >= 0.3 is 6.09 Å². The van der Waals surface area contributed by atoms with E-state index in [9.17, 15) is 19.5 Å². The van der Waals surface area contributed by atoms with Crippen molar-refractivity contribution in [1.82, 2.24) is 15.5 Å². The molecule has 8 nitrogen and oxygen atoms in total. The molecule has 40 heavy (non-hydrogen) atoms. The molecule has 0 aromatic heterocycles. The monoisotopic (exact) mass is 561 g/mol. The maximum absolute atomic E-state index is 14.3. The molecular weight excluding hydrogens is 506 g/mol. The average Bonchev–Trinajstić information content (AvgIpc) is 2.90. The standard InChI is InChI=1S/C32H55N3O5/c1-8-11-13-14-15-19-23-35(30(38)27(24(4)10-3)34-31(39)40-32(5,6)7)28(25-20-16-17-21-26(25)36)29(37)33-22-18-12-9-2/h16-17,20-21,24,27-28,36H,8-15,18-19,22-23H2,1-7H3,(H,33,37)(H,34,39). The Bertz CT molecular complexity index is 899. The third kappa shape index (κ3) is 12.6. The van der Waals surface area contributed by atoms with E-state index in [1.807, 2.05) is 13.8 Å². The van der Waals surface area contributed by atoms with Crippen LogP contribution in [0, 0.1) is 5.92 Å².